The molecule has 26 heavy (non-hydrogen) atoms. The Bertz CT molecular complexity index is 907. The van der Waals surface area contributed by atoms with Crippen molar-refractivity contribution in [2.24, 2.45) is 5.92 Å². The topological polar surface area (TPSA) is 63.6 Å². The van der Waals surface area contributed by atoms with Crippen LogP contribution in [0.25, 0.3) is 5.52 Å². The van der Waals surface area contributed by atoms with E-state index in [-0.39, 0.29) is 5.91 Å². The summed E-state index contributed by atoms with van der Waals surface area (Å²) >= 11 is 0. The lowest BCUT2D eigenvalue weighted by Gasteiger charge is -2.32. The van der Waals surface area contributed by atoms with E-state index in [1.165, 1.54) is 12.8 Å². The van der Waals surface area contributed by atoms with Gasteiger partial charge in [0.2, 0.25) is 5.89 Å². The minimum atomic E-state index is 0.114. The minimum absolute atomic E-state index is 0.114. The van der Waals surface area contributed by atoms with Gasteiger partial charge in [0, 0.05) is 43.3 Å². The number of piperidine rings is 1. The summed E-state index contributed by atoms with van der Waals surface area (Å²) in [5, 5.41) is 4.10. The van der Waals surface area contributed by atoms with E-state index in [1.54, 1.807) is 0 Å². The summed E-state index contributed by atoms with van der Waals surface area (Å²) in [7, 11) is 0. The summed E-state index contributed by atoms with van der Waals surface area (Å²) in [4.78, 5) is 19.4. The summed E-state index contributed by atoms with van der Waals surface area (Å²) in [5.74, 6) is 2.60. The van der Waals surface area contributed by atoms with Crippen molar-refractivity contribution in [1.29, 1.82) is 0 Å². The third-order valence-corrected chi connectivity index (χ3v) is 5.45. The van der Waals surface area contributed by atoms with Crippen LogP contribution in [0.2, 0.25) is 0 Å². The molecule has 6 nitrogen and oxygen atoms in total. The third kappa shape index (κ3) is 3.00. The minimum Gasteiger partial charge on any atom is -0.339 e. The molecule has 3 aromatic rings. The van der Waals surface area contributed by atoms with Crippen molar-refractivity contribution >= 4 is 11.4 Å². The van der Waals surface area contributed by atoms with Gasteiger partial charge in [-0.25, -0.2) is 0 Å². The number of pyridine rings is 1. The lowest BCUT2D eigenvalue weighted by atomic mass is 9.94. The number of fused-ring (bicyclic) bond motifs is 1. The van der Waals surface area contributed by atoms with Crippen LogP contribution in [0.15, 0.2) is 41.2 Å². The van der Waals surface area contributed by atoms with Gasteiger partial charge in [-0.1, -0.05) is 11.2 Å². The first-order valence-electron chi connectivity index (χ1n) is 9.45. The van der Waals surface area contributed by atoms with Crippen LogP contribution in [0.3, 0.4) is 0 Å². The molecule has 2 fully saturated rings. The molecular weight excluding hydrogens is 328 g/mol. The molecule has 3 aromatic heterocycles. The van der Waals surface area contributed by atoms with Gasteiger partial charge in [-0.3, -0.25) is 4.79 Å². The van der Waals surface area contributed by atoms with Crippen LogP contribution in [0.4, 0.5) is 0 Å². The maximum absolute atomic E-state index is 12.9. The highest BCUT2D eigenvalue weighted by atomic mass is 16.5. The van der Waals surface area contributed by atoms with Crippen LogP contribution < -0.4 is 0 Å². The van der Waals surface area contributed by atoms with E-state index in [2.05, 4.69) is 10.1 Å². The number of nitrogens with zero attached hydrogens (tertiary/aromatic N) is 4. The number of aromatic nitrogens is 3. The van der Waals surface area contributed by atoms with E-state index in [9.17, 15) is 4.79 Å². The lowest BCUT2D eigenvalue weighted by molar-refractivity contribution is 0.0668. The number of likely N-dealkylation sites (tertiary alicyclic amines) is 1. The summed E-state index contributed by atoms with van der Waals surface area (Å²) < 4.78 is 7.41. The fraction of sp³-hybridized carbons (Fsp3) is 0.450. The van der Waals surface area contributed by atoms with E-state index >= 15 is 0 Å². The first-order valence-corrected chi connectivity index (χ1v) is 9.45. The van der Waals surface area contributed by atoms with E-state index in [0.29, 0.717) is 11.8 Å². The Labute approximate surface area is 151 Å². The van der Waals surface area contributed by atoms with Gasteiger partial charge in [0.05, 0.1) is 5.56 Å². The molecule has 1 saturated carbocycles. The smallest absolute Gasteiger partial charge is 0.255 e. The molecule has 0 aromatic carbocycles. The number of carbonyl (C=O) groups excluding carboxylic acids is 1. The quantitative estimate of drug-likeness (QED) is 0.724. The van der Waals surface area contributed by atoms with Gasteiger partial charge in [-0.2, -0.15) is 4.98 Å². The lowest BCUT2D eigenvalue weighted by Crippen LogP contribution is -2.40. The Hall–Kier alpha value is -2.63. The van der Waals surface area contributed by atoms with Gasteiger partial charge in [-0.15, -0.1) is 0 Å². The number of hydrogen-bond acceptors (Lipinski definition) is 4. The summed E-state index contributed by atoms with van der Waals surface area (Å²) in [6, 6.07) is 7.94. The molecule has 1 amide bonds. The van der Waals surface area contributed by atoms with Crippen LogP contribution in [0.1, 0.15) is 53.7 Å². The molecule has 2 aliphatic rings. The molecule has 1 atom stereocenters. The molecule has 0 radical (unpaired) electrons. The Balaban J connectivity index is 1.27. The largest absolute Gasteiger partial charge is 0.339 e. The average Bonchev–Trinajstić information content (AvgIpc) is 3.26. The first kappa shape index (κ1) is 15.6. The van der Waals surface area contributed by atoms with E-state index in [1.807, 2.05) is 46.0 Å². The van der Waals surface area contributed by atoms with Crippen molar-refractivity contribution in [1.82, 2.24) is 19.4 Å². The highest BCUT2D eigenvalue weighted by molar-refractivity contribution is 5.95. The fourth-order valence-electron chi connectivity index (χ4n) is 3.88. The monoisotopic (exact) mass is 350 g/mol. The molecule has 1 unspecified atom stereocenters. The first-order chi connectivity index (χ1) is 12.8. The second-order valence-electron chi connectivity index (χ2n) is 7.55. The Kier molecular flexibility index (Phi) is 3.76. The SMILES string of the molecule is O=C(c1cc2ccccn2c1)N1CCCC(Cc2nc(C3CC3)no2)C1. The normalized spacial score (nSPS) is 20.6. The van der Waals surface area contributed by atoms with E-state index < -0.39 is 0 Å². The molecule has 4 heterocycles. The highest BCUT2D eigenvalue weighted by Gasteiger charge is 2.30. The van der Waals surface area contributed by atoms with Crippen LogP contribution >= 0.6 is 0 Å². The standard InChI is InChI=1S/C20H22N4O2/c25-20(16-11-17-5-1-2-8-23(17)13-16)24-9-3-4-14(12-24)10-18-21-19(22-26-18)15-6-7-15/h1-2,5,8,11,13-15H,3-4,6-7,9-10,12H2. The zero-order valence-corrected chi connectivity index (χ0v) is 14.7. The molecule has 0 spiro atoms. The van der Waals surface area contributed by atoms with Crippen molar-refractivity contribution in [2.75, 3.05) is 13.1 Å². The van der Waals surface area contributed by atoms with Gasteiger partial charge < -0.3 is 13.8 Å². The third-order valence-electron chi connectivity index (χ3n) is 5.45. The number of hydrogen-bond donors (Lipinski definition) is 0. The number of carbonyl (C=O) groups is 1. The Morgan fingerprint density at radius 2 is 2.19 bits per heavy atom. The van der Waals surface area contributed by atoms with Gasteiger partial charge in [0.15, 0.2) is 5.82 Å². The van der Waals surface area contributed by atoms with E-state index in [0.717, 1.165) is 55.1 Å². The van der Waals surface area contributed by atoms with Gasteiger partial charge in [-0.05, 0) is 49.8 Å². The zero-order chi connectivity index (χ0) is 17.5. The predicted molar refractivity (Wildman–Crippen MR) is 96.0 cm³/mol. The highest BCUT2D eigenvalue weighted by Crippen LogP contribution is 2.38. The average molecular weight is 350 g/mol. The molecule has 134 valence electrons. The van der Waals surface area contributed by atoms with Crippen molar-refractivity contribution < 1.29 is 9.32 Å². The van der Waals surface area contributed by atoms with Gasteiger partial charge in [0.1, 0.15) is 0 Å². The van der Waals surface area contributed by atoms with Crippen LogP contribution in [0.5, 0.6) is 0 Å². The zero-order valence-electron chi connectivity index (χ0n) is 14.7. The maximum atomic E-state index is 12.9. The molecule has 5 rings (SSSR count). The van der Waals surface area contributed by atoms with E-state index in [4.69, 9.17) is 4.52 Å². The molecule has 6 heteroatoms. The van der Waals surface area contributed by atoms with Crippen molar-refractivity contribution in [3.05, 3.63) is 53.9 Å². The molecule has 1 aliphatic heterocycles. The van der Waals surface area contributed by atoms with Crippen LogP contribution in [-0.2, 0) is 6.42 Å². The summed E-state index contributed by atoms with van der Waals surface area (Å²) in [5.41, 5.74) is 1.80. The van der Waals surface area contributed by atoms with Crippen LogP contribution in [0, 0.1) is 5.92 Å². The second-order valence-corrected chi connectivity index (χ2v) is 7.55. The number of amides is 1. The summed E-state index contributed by atoms with van der Waals surface area (Å²) in [6.07, 6.45) is 9.13. The fourth-order valence-corrected chi connectivity index (χ4v) is 3.88. The molecule has 1 saturated heterocycles. The Morgan fingerprint density at radius 1 is 1.27 bits per heavy atom. The second kappa shape index (κ2) is 6.27. The molecule has 1 aliphatic carbocycles. The van der Waals surface area contributed by atoms with Crippen molar-refractivity contribution in [2.45, 2.75) is 38.0 Å². The molecule has 0 N–H and O–H groups in total. The summed E-state index contributed by atoms with van der Waals surface area (Å²) in [6.45, 7) is 1.57. The van der Waals surface area contributed by atoms with Gasteiger partial charge >= 0.3 is 0 Å². The Morgan fingerprint density at radius 3 is 3.04 bits per heavy atom. The van der Waals surface area contributed by atoms with Crippen LogP contribution in [-0.4, -0.2) is 38.4 Å². The maximum Gasteiger partial charge on any atom is 0.255 e. The van der Waals surface area contributed by atoms with Crippen molar-refractivity contribution in [3.63, 3.8) is 0 Å². The predicted octanol–water partition coefficient (Wildman–Crippen LogP) is 3.29. The van der Waals surface area contributed by atoms with Crippen molar-refractivity contribution in [3.8, 4) is 0 Å². The molecule has 0 bridgehead atoms. The van der Waals surface area contributed by atoms with Gasteiger partial charge in [0.25, 0.3) is 5.91 Å². The number of rotatable bonds is 4. The molecular formula is C20H22N4O2.